The summed E-state index contributed by atoms with van der Waals surface area (Å²) >= 11 is 0. The summed E-state index contributed by atoms with van der Waals surface area (Å²) < 4.78 is 2.20. The SMILES string of the molecule is Nc1ncccc1-c1nc2ccc(-c3ccccc3)nc2n1N1CCC2(CCC2)C1. The van der Waals surface area contributed by atoms with Gasteiger partial charge in [-0.3, -0.25) is 0 Å². The minimum atomic E-state index is 0.464. The number of nitrogens with two attached hydrogens (primary N) is 1. The summed E-state index contributed by atoms with van der Waals surface area (Å²) in [7, 11) is 0. The molecule has 1 spiro atoms. The molecule has 0 amide bonds. The number of rotatable bonds is 3. The van der Waals surface area contributed by atoms with Crippen LogP contribution in [0.15, 0.2) is 60.8 Å². The van der Waals surface area contributed by atoms with Crippen LogP contribution in [0, 0.1) is 5.41 Å². The minimum absolute atomic E-state index is 0.464. The maximum Gasteiger partial charge on any atom is 0.180 e. The van der Waals surface area contributed by atoms with Crippen molar-refractivity contribution in [3.05, 3.63) is 60.8 Å². The molecular weight excluding hydrogens is 372 g/mol. The zero-order valence-electron chi connectivity index (χ0n) is 16.8. The Morgan fingerprint density at radius 1 is 0.900 bits per heavy atom. The van der Waals surface area contributed by atoms with Gasteiger partial charge in [0.05, 0.1) is 11.3 Å². The lowest BCUT2D eigenvalue weighted by Crippen LogP contribution is -2.38. The van der Waals surface area contributed by atoms with Crippen LogP contribution in [-0.2, 0) is 0 Å². The van der Waals surface area contributed by atoms with Gasteiger partial charge in [-0.25, -0.2) is 19.6 Å². The molecule has 1 aliphatic carbocycles. The van der Waals surface area contributed by atoms with E-state index in [1.54, 1.807) is 6.20 Å². The largest absolute Gasteiger partial charge is 0.383 e. The molecule has 0 bridgehead atoms. The molecule has 1 aliphatic heterocycles. The molecule has 6 nitrogen and oxygen atoms in total. The number of hydrogen-bond acceptors (Lipinski definition) is 5. The van der Waals surface area contributed by atoms with E-state index in [2.05, 4.69) is 32.9 Å². The van der Waals surface area contributed by atoms with E-state index in [-0.39, 0.29) is 0 Å². The van der Waals surface area contributed by atoms with Crippen LogP contribution in [0.3, 0.4) is 0 Å². The minimum Gasteiger partial charge on any atom is -0.383 e. The Balaban J connectivity index is 1.55. The first-order valence-electron chi connectivity index (χ1n) is 10.6. The molecule has 30 heavy (non-hydrogen) atoms. The molecular formula is C24H24N6. The predicted molar refractivity (Wildman–Crippen MR) is 119 cm³/mol. The molecule has 2 fully saturated rings. The standard InChI is InChI=1S/C24H24N6/c25-21-18(8-4-14-26-21)22-28-20-10-9-19(17-6-2-1-3-7-17)27-23(20)30(22)29-15-13-24(16-29)11-5-12-24/h1-4,6-10,14H,5,11-13,15-16H2,(H2,25,26). The zero-order chi connectivity index (χ0) is 20.1. The van der Waals surface area contributed by atoms with Crippen molar-refractivity contribution in [1.29, 1.82) is 0 Å². The average molecular weight is 396 g/mol. The fraction of sp³-hybridized carbons (Fsp3) is 0.292. The number of anilines is 1. The molecule has 1 saturated carbocycles. The van der Waals surface area contributed by atoms with Gasteiger partial charge < -0.3 is 10.7 Å². The van der Waals surface area contributed by atoms with Gasteiger partial charge >= 0.3 is 0 Å². The third-order valence-corrected chi connectivity index (χ3v) is 6.75. The summed E-state index contributed by atoms with van der Waals surface area (Å²) in [6.45, 7) is 2.05. The molecule has 4 aromatic rings. The molecule has 2 aliphatic rings. The van der Waals surface area contributed by atoms with Crippen LogP contribution in [0.4, 0.5) is 5.82 Å². The Hall–Kier alpha value is -3.41. The second kappa shape index (κ2) is 6.55. The third kappa shape index (κ3) is 2.67. The summed E-state index contributed by atoms with van der Waals surface area (Å²) in [5.74, 6) is 1.32. The van der Waals surface area contributed by atoms with Gasteiger partial charge in [-0.2, -0.15) is 0 Å². The highest BCUT2D eigenvalue weighted by Crippen LogP contribution is 2.48. The number of pyridine rings is 2. The maximum atomic E-state index is 6.25. The van der Waals surface area contributed by atoms with E-state index in [1.165, 1.54) is 25.7 Å². The first-order valence-corrected chi connectivity index (χ1v) is 10.6. The van der Waals surface area contributed by atoms with Crippen LogP contribution in [0.1, 0.15) is 25.7 Å². The monoisotopic (exact) mass is 396 g/mol. The zero-order valence-corrected chi connectivity index (χ0v) is 16.8. The van der Waals surface area contributed by atoms with Crippen molar-refractivity contribution in [3.8, 4) is 22.6 Å². The fourth-order valence-electron chi connectivity index (χ4n) is 4.93. The maximum absolute atomic E-state index is 6.25. The van der Waals surface area contributed by atoms with E-state index in [9.17, 15) is 0 Å². The van der Waals surface area contributed by atoms with Crippen molar-refractivity contribution in [2.45, 2.75) is 25.7 Å². The third-order valence-electron chi connectivity index (χ3n) is 6.75. The Labute approximate surface area is 175 Å². The number of benzene rings is 1. The smallest absolute Gasteiger partial charge is 0.180 e. The topological polar surface area (TPSA) is 72.9 Å². The van der Waals surface area contributed by atoms with Crippen LogP contribution in [0.5, 0.6) is 0 Å². The first-order chi connectivity index (χ1) is 14.7. The molecule has 1 saturated heterocycles. The Morgan fingerprint density at radius 2 is 1.77 bits per heavy atom. The lowest BCUT2D eigenvalue weighted by molar-refractivity contribution is 0.163. The van der Waals surface area contributed by atoms with Crippen LogP contribution < -0.4 is 10.7 Å². The van der Waals surface area contributed by atoms with Crippen LogP contribution >= 0.6 is 0 Å². The van der Waals surface area contributed by atoms with E-state index in [0.717, 1.165) is 46.9 Å². The summed E-state index contributed by atoms with van der Waals surface area (Å²) in [6, 6.07) is 18.3. The molecule has 2 N–H and O–H groups in total. The Bertz CT molecular complexity index is 1230. The van der Waals surface area contributed by atoms with Crippen LogP contribution in [-0.4, -0.2) is 32.7 Å². The van der Waals surface area contributed by atoms with Gasteiger partial charge in [-0.1, -0.05) is 36.8 Å². The normalized spacial score (nSPS) is 17.5. The summed E-state index contributed by atoms with van der Waals surface area (Å²) in [4.78, 5) is 14.3. The number of aromatic nitrogens is 4. The Morgan fingerprint density at radius 3 is 2.50 bits per heavy atom. The van der Waals surface area contributed by atoms with Gasteiger partial charge in [0, 0.05) is 24.8 Å². The van der Waals surface area contributed by atoms with Crippen molar-refractivity contribution >= 4 is 17.0 Å². The van der Waals surface area contributed by atoms with Gasteiger partial charge in [0.1, 0.15) is 11.3 Å². The first kappa shape index (κ1) is 17.4. The lowest BCUT2D eigenvalue weighted by atomic mass is 9.68. The van der Waals surface area contributed by atoms with Crippen LogP contribution in [0.2, 0.25) is 0 Å². The molecule has 0 radical (unpaired) electrons. The predicted octanol–water partition coefficient (Wildman–Crippen LogP) is 4.25. The van der Waals surface area contributed by atoms with Crippen molar-refractivity contribution in [2.75, 3.05) is 23.8 Å². The van der Waals surface area contributed by atoms with Gasteiger partial charge in [0.25, 0.3) is 0 Å². The van der Waals surface area contributed by atoms with Gasteiger partial charge in [0.2, 0.25) is 0 Å². The van der Waals surface area contributed by atoms with E-state index in [4.69, 9.17) is 15.7 Å². The molecule has 0 atom stereocenters. The van der Waals surface area contributed by atoms with Crippen molar-refractivity contribution < 1.29 is 0 Å². The molecule has 1 aromatic carbocycles. The lowest BCUT2D eigenvalue weighted by Gasteiger charge is -2.38. The summed E-state index contributed by atoms with van der Waals surface area (Å²) in [6.07, 6.45) is 6.94. The fourth-order valence-corrected chi connectivity index (χ4v) is 4.93. The van der Waals surface area contributed by atoms with Crippen molar-refractivity contribution in [2.24, 2.45) is 5.41 Å². The van der Waals surface area contributed by atoms with Gasteiger partial charge in [-0.05, 0) is 48.9 Å². The summed E-state index contributed by atoms with van der Waals surface area (Å²) in [5.41, 5.74) is 11.4. The number of nitrogen functional groups attached to an aromatic ring is 1. The molecule has 4 heterocycles. The number of nitrogens with zero attached hydrogens (tertiary/aromatic N) is 5. The Kier molecular flexibility index (Phi) is 3.81. The molecule has 3 aromatic heterocycles. The highest BCUT2D eigenvalue weighted by molar-refractivity contribution is 5.82. The van der Waals surface area contributed by atoms with E-state index < -0.39 is 0 Å². The van der Waals surface area contributed by atoms with Crippen molar-refractivity contribution in [1.82, 2.24) is 19.6 Å². The number of imidazole rings is 1. The van der Waals surface area contributed by atoms with E-state index >= 15 is 0 Å². The molecule has 0 unspecified atom stereocenters. The second-order valence-electron chi connectivity index (χ2n) is 8.58. The number of hydrogen-bond donors (Lipinski definition) is 1. The number of fused-ring (bicyclic) bond motifs is 1. The molecule has 150 valence electrons. The van der Waals surface area contributed by atoms with E-state index in [1.807, 2.05) is 36.4 Å². The highest BCUT2D eigenvalue weighted by atomic mass is 15.6. The quantitative estimate of drug-likeness (QED) is 0.560. The van der Waals surface area contributed by atoms with Gasteiger partial charge in [0.15, 0.2) is 11.5 Å². The van der Waals surface area contributed by atoms with E-state index in [0.29, 0.717) is 11.2 Å². The second-order valence-corrected chi connectivity index (χ2v) is 8.58. The van der Waals surface area contributed by atoms with Gasteiger partial charge in [-0.15, -0.1) is 0 Å². The average Bonchev–Trinajstić information content (AvgIpc) is 3.36. The molecule has 6 heteroatoms. The summed E-state index contributed by atoms with van der Waals surface area (Å²) in [5, 5.41) is 2.41. The molecule has 6 rings (SSSR count). The van der Waals surface area contributed by atoms with Crippen molar-refractivity contribution in [3.63, 3.8) is 0 Å². The highest BCUT2D eigenvalue weighted by Gasteiger charge is 2.44. The van der Waals surface area contributed by atoms with Crippen LogP contribution in [0.25, 0.3) is 33.8 Å².